The van der Waals surface area contributed by atoms with Crippen LogP contribution < -0.4 is 5.32 Å². The van der Waals surface area contributed by atoms with Crippen LogP contribution in [0.15, 0.2) is 29.6 Å². The molecule has 0 bridgehead atoms. The number of hydrogen-bond acceptors (Lipinski definition) is 3. The first-order chi connectivity index (χ1) is 9.85. The van der Waals surface area contributed by atoms with E-state index in [1.807, 2.05) is 12.3 Å². The molecule has 0 atom stereocenters. The zero-order valence-electron chi connectivity index (χ0n) is 11.2. The van der Waals surface area contributed by atoms with Crippen LogP contribution in [0.5, 0.6) is 0 Å². The number of carbonyl (C=O) groups is 1. The first-order valence-corrected chi connectivity index (χ1v) is 7.10. The van der Waals surface area contributed by atoms with E-state index in [2.05, 4.69) is 10.3 Å². The molecule has 0 fully saturated rings. The Kier molecular flexibility index (Phi) is 88.5. The Balaban J connectivity index is -0.0000000314. The fourth-order valence-electron chi connectivity index (χ4n) is 1.71. The number of alkyl halides is 3. The highest BCUT2D eigenvalue weighted by molar-refractivity contribution is 7.09. The van der Waals surface area contributed by atoms with Crippen molar-refractivity contribution in [3.63, 3.8) is 0 Å². The normalized spacial score (nSPS) is 6.86. The molecule has 0 saturated carbocycles. The van der Waals surface area contributed by atoms with Crippen molar-refractivity contribution >= 4 is 17.2 Å². The second-order valence-electron chi connectivity index (χ2n) is 4.45. The summed E-state index contributed by atoms with van der Waals surface area (Å²) in [6.45, 7) is 1.48. The molecule has 0 saturated heterocycles. The van der Waals surface area contributed by atoms with Gasteiger partial charge in [0.2, 0.25) is 0 Å². The maximum atomic E-state index is 12.0. The van der Waals surface area contributed by atoms with E-state index in [-0.39, 0.29) is 104 Å². The Hall–Kier alpha value is -1.89. The summed E-state index contributed by atoms with van der Waals surface area (Å²) in [5, 5.41) is 5.10. The summed E-state index contributed by atoms with van der Waals surface area (Å²) < 4.78 is 36.0. The zero-order valence-corrected chi connectivity index (χ0v) is 12.0. The topological polar surface area (TPSA) is 42.0 Å². The summed E-state index contributed by atoms with van der Waals surface area (Å²) >= 11 is 1.53. The minimum absolute atomic E-state index is 0. The molecule has 1 aromatic heterocycles. The van der Waals surface area contributed by atoms with Gasteiger partial charge in [-0.15, -0.1) is 11.3 Å². The van der Waals surface area contributed by atoms with Crippen molar-refractivity contribution < 1.29 is 18.0 Å². The molecular formula is C28H69F3N2OS. The average molecular weight is 539 g/mol. The van der Waals surface area contributed by atoms with Crippen LogP contribution in [0.4, 0.5) is 13.2 Å². The van der Waals surface area contributed by atoms with Crippen LogP contribution in [0, 0.1) is 6.92 Å². The van der Waals surface area contributed by atoms with Crippen molar-refractivity contribution in [2.75, 3.05) is 6.54 Å². The van der Waals surface area contributed by atoms with Crippen LogP contribution in [0.3, 0.4) is 0 Å². The molecule has 0 aliphatic heterocycles. The van der Waals surface area contributed by atoms with Crippen LogP contribution in [-0.4, -0.2) is 23.6 Å². The number of rotatable bonds is 4. The first kappa shape index (κ1) is 84.4. The predicted molar refractivity (Wildman–Crippen MR) is 170 cm³/mol. The third-order valence-corrected chi connectivity index (χ3v) is 3.53. The lowest BCUT2D eigenvalue weighted by atomic mass is 10.1. The Morgan fingerprint density at radius 3 is 1.51 bits per heavy atom. The van der Waals surface area contributed by atoms with E-state index in [1.165, 1.54) is 11.3 Å². The molecule has 224 valence electrons. The lowest BCUT2D eigenvalue weighted by Gasteiger charge is -2.08. The van der Waals surface area contributed by atoms with Gasteiger partial charge in [-0.3, -0.25) is 4.79 Å². The van der Waals surface area contributed by atoms with E-state index in [1.54, 1.807) is 24.3 Å². The van der Waals surface area contributed by atoms with Crippen LogP contribution in [-0.2, 0) is 0 Å². The van der Waals surface area contributed by atoms with Crippen LogP contribution in [0.2, 0.25) is 0 Å². The number of nitrogens with one attached hydrogen (secondary N) is 1. The number of hydrogen-bond donors (Lipinski definition) is 1. The Morgan fingerprint density at radius 2 is 1.20 bits per heavy atom. The number of aryl methyl sites for hydroxylation is 1. The van der Waals surface area contributed by atoms with Gasteiger partial charge >= 0.3 is 6.18 Å². The highest BCUT2D eigenvalue weighted by Gasteiger charge is 2.26. The van der Waals surface area contributed by atoms with Crippen molar-refractivity contribution in [3.8, 4) is 11.3 Å². The molecule has 0 aliphatic rings. The van der Waals surface area contributed by atoms with Gasteiger partial charge < -0.3 is 5.32 Å². The van der Waals surface area contributed by atoms with E-state index in [0.29, 0.717) is 5.56 Å². The molecule has 1 aromatic carbocycles. The summed E-state index contributed by atoms with van der Waals surface area (Å²) in [4.78, 5) is 16.0. The standard InChI is InChI=1S/C14H13F3N2OS.14CH4/c1-9-19-12(8-21-9)10-2-4-11(5-3-10)13(20)18-7-6-14(15,16)17;;;;;;;;;;;;;;/h2-5,8H,6-7H2,1H3,(H,18,20);14*1H4. The van der Waals surface area contributed by atoms with Gasteiger partial charge in [-0.1, -0.05) is 116 Å². The van der Waals surface area contributed by atoms with Gasteiger partial charge in [0.1, 0.15) is 0 Å². The van der Waals surface area contributed by atoms with E-state index in [0.717, 1.165) is 16.3 Å². The molecule has 0 unspecified atom stereocenters. The van der Waals surface area contributed by atoms with Crippen molar-refractivity contribution in [3.05, 3.63) is 40.2 Å². The molecule has 0 radical (unpaired) electrons. The monoisotopic (exact) mass is 539 g/mol. The molecule has 3 nitrogen and oxygen atoms in total. The van der Waals surface area contributed by atoms with Gasteiger partial charge in [0.15, 0.2) is 0 Å². The zero-order chi connectivity index (χ0) is 15.5. The smallest absolute Gasteiger partial charge is 0.352 e. The van der Waals surface area contributed by atoms with Gasteiger partial charge in [0.25, 0.3) is 5.91 Å². The predicted octanol–water partition coefficient (Wildman–Crippen LogP) is 12.7. The van der Waals surface area contributed by atoms with Crippen molar-refractivity contribution in [1.29, 1.82) is 0 Å². The summed E-state index contributed by atoms with van der Waals surface area (Å²) in [6.07, 6.45) is -5.30. The summed E-state index contributed by atoms with van der Waals surface area (Å²) in [6, 6.07) is 6.61. The van der Waals surface area contributed by atoms with Gasteiger partial charge in [0.05, 0.1) is 17.1 Å². The number of thiazole rings is 1. The SMILES string of the molecule is C.C.C.C.C.C.C.C.C.C.C.C.C.C.Cc1nc(-c2ccc(C(=O)NCCC(F)(F)F)cc2)cs1. The summed E-state index contributed by atoms with van der Waals surface area (Å²) in [5.74, 6) is -0.514. The van der Waals surface area contributed by atoms with E-state index in [4.69, 9.17) is 0 Å². The Morgan fingerprint density at radius 1 is 0.800 bits per heavy atom. The molecule has 7 heteroatoms. The average Bonchev–Trinajstić information content (AvgIpc) is 2.84. The fraction of sp³-hybridized carbons (Fsp3) is 0.643. The summed E-state index contributed by atoms with van der Waals surface area (Å²) in [7, 11) is 0. The minimum Gasteiger partial charge on any atom is -0.352 e. The second-order valence-corrected chi connectivity index (χ2v) is 5.51. The van der Waals surface area contributed by atoms with Crippen molar-refractivity contribution in [1.82, 2.24) is 10.3 Å². The van der Waals surface area contributed by atoms with Crippen LogP contribution >= 0.6 is 11.3 Å². The quantitative estimate of drug-likeness (QED) is 0.420. The highest BCUT2D eigenvalue weighted by Crippen LogP contribution is 2.22. The third-order valence-electron chi connectivity index (χ3n) is 2.76. The van der Waals surface area contributed by atoms with E-state index in [9.17, 15) is 18.0 Å². The highest BCUT2D eigenvalue weighted by atomic mass is 32.1. The molecule has 0 aliphatic carbocycles. The lowest BCUT2D eigenvalue weighted by molar-refractivity contribution is -0.133. The van der Waals surface area contributed by atoms with Crippen LogP contribution in [0.1, 0.15) is 126 Å². The maximum Gasteiger partial charge on any atom is 0.390 e. The summed E-state index contributed by atoms with van der Waals surface area (Å²) in [5.41, 5.74) is 2.01. The van der Waals surface area contributed by atoms with Crippen molar-refractivity contribution in [2.24, 2.45) is 0 Å². The van der Waals surface area contributed by atoms with Gasteiger partial charge in [-0.2, -0.15) is 13.2 Å². The number of halogens is 3. The number of aromatic nitrogens is 1. The van der Waals surface area contributed by atoms with Gasteiger partial charge in [-0.25, -0.2) is 4.98 Å². The van der Waals surface area contributed by atoms with E-state index < -0.39 is 25.0 Å². The maximum absolute atomic E-state index is 12.0. The molecule has 1 N–H and O–H groups in total. The molecular weight excluding hydrogens is 469 g/mol. The number of carbonyl (C=O) groups excluding carboxylic acids is 1. The third kappa shape index (κ3) is 28.2. The first-order valence-electron chi connectivity index (χ1n) is 6.23. The Bertz CT molecular complexity index is 626. The van der Waals surface area contributed by atoms with Gasteiger partial charge in [-0.05, 0) is 19.1 Å². The molecule has 1 amide bonds. The number of nitrogens with zero attached hydrogens (tertiary/aromatic N) is 1. The number of amides is 1. The minimum atomic E-state index is -4.26. The largest absolute Gasteiger partial charge is 0.390 e. The number of benzene rings is 1. The molecule has 35 heavy (non-hydrogen) atoms. The lowest BCUT2D eigenvalue weighted by Crippen LogP contribution is -2.27. The van der Waals surface area contributed by atoms with Crippen molar-refractivity contribution in [2.45, 2.75) is 123 Å². The second kappa shape index (κ2) is 36.7. The van der Waals surface area contributed by atoms with E-state index >= 15 is 0 Å². The van der Waals surface area contributed by atoms with Gasteiger partial charge in [0, 0.05) is 23.1 Å². The van der Waals surface area contributed by atoms with Crippen LogP contribution in [0.25, 0.3) is 11.3 Å². The fourth-order valence-corrected chi connectivity index (χ4v) is 2.33. The molecule has 2 aromatic rings. The Labute approximate surface area is 227 Å². The molecule has 1 heterocycles. The molecule has 0 spiro atoms. The molecule has 2 rings (SSSR count).